The fraction of sp³-hybridized carbons (Fsp3) is 0.667. The average molecular weight is 287 g/mol. The Morgan fingerprint density at radius 2 is 1.70 bits per heavy atom. The fourth-order valence-corrected chi connectivity index (χ4v) is 1.57. The van der Waals surface area contributed by atoms with Gasteiger partial charge in [-0.2, -0.15) is 0 Å². The van der Waals surface area contributed by atoms with Gasteiger partial charge in [0.25, 0.3) is 0 Å². The highest BCUT2D eigenvalue weighted by atomic mass is 16.4. The van der Waals surface area contributed by atoms with E-state index in [4.69, 9.17) is 10.8 Å². The minimum Gasteiger partial charge on any atom is -0.481 e. The van der Waals surface area contributed by atoms with E-state index in [1.165, 1.54) is 6.92 Å². The third-order valence-electron chi connectivity index (χ3n) is 2.61. The van der Waals surface area contributed by atoms with Gasteiger partial charge in [0.2, 0.25) is 17.7 Å². The van der Waals surface area contributed by atoms with Gasteiger partial charge in [-0.1, -0.05) is 13.8 Å². The second-order valence-corrected chi connectivity index (χ2v) is 4.82. The normalized spacial score (nSPS) is 13.4. The molecule has 0 aromatic heterocycles. The molecule has 20 heavy (non-hydrogen) atoms. The van der Waals surface area contributed by atoms with Crippen LogP contribution in [-0.4, -0.2) is 40.9 Å². The molecule has 0 saturated heterocycles. The number of primary amides is 1. The summed E-state index contributed by atoms with van der Waals surface area (Å²) in [6, 6.07) is -1.88. The zero-order valence-electron chi connectivity index (χ0n) is 11.8. The molecule has 8 heteroatoms. The molecule has 0 aliphatic rings. The SMILES string of the molecule is CC(=O)N[C@H](C(=O)NC(CCC(=O)O)C(N)=O)C(C)C. The highest BCUT2D eigenvalue weighted by Crippen LogP contribution is 2.04. The molecule has 0 aromatic rings. The molecule has 2 atom stereocenters. The van der Waals surface area contributed by atoms with Crippen LogP contribution < -0.4 is 16.4 Å². The van der Waals surface area contributed by atoms with Crippen LogP contribution in [-0.2, 0) is 19.2 Å². The maximum atomic E-state index is 12.0. The number of carbonyl (C=O) groups is 4. The molecule has 8 nitrogen and oxygen atoms in total. The lowest BCUT2D eigenvalue weighted by Gasteiger charge is -2.23. The molecule has 0 spiro atoms. The summed E-state index contributed by atoms with van der Waals surface area (Å²) < 4.78 is 0. The summed E-state index contributed by atoms with van der Waals surface area (Å²) in [5, 5.41) is 13.4. The molecule has 0 bridgehead atoms. The number of nitrogens with one attached hydrogen (secondary N) is 2. The zero-order valence-corrected chi connectivity index (χ0v) is 11.8. The Kier molecular flexibility index (Phi) is 7.27. The molecule has 114 valence electrons. The van der Waals surface area contributed by atoms with Crippen LogP contribution in [0.5, 0.6) is 0 Å². The van der Waals surface area contributed by atoms with E-state index in [-0.39, 0.29) is 24.7 Å². The van der Waals surface area contributed by atoms with Crippen LogP contribution in [0, 0.1) is 5.92 Å². The van der Waals surface area contributed by atoms with Crippen molar-refractivity contribution in [2.45, 2.75) is 45.7 Å². The lowest BCUT2D eigenvalue weighted by molar-refractivity contribution is -0.138. The van der Waals surface area contributed by atoms with Crippen molar-refractivity contribution in [2.75, 3.05) is 0 Å². The van der Waals surface area contributed by atoms with Crippen LogP contribution in [0.2, 0.25) is 0 Å². The van der Waals surface area contributed by atoms with Crippen LogP contribution in [0.4, 0.5) is 0 Å². The van der Waals surface area contributed by atoms with E-state index in [1.807, 2.05) is 0 Å². The average Bonchev–Trinajstić information content (AvgIpc) is 2.29. The number of carboxylic acid groups (broad SMARTS) is 1. The van der Waals surface area contributed by atoms with Crippen molar-refractivity contribution >= 4 is 23.7 Å². The summed E-state index contributed by atoms with van der Waals surface area (Å²) in [6.45, 7) is 4.74. The minimum absolute atomic E-state index is 0.0959. The first-order chi connectivity index (χ1) is 9.15. The smallest absolute Gasteiger partial charge is 0.303 e. The van der Waals surface area contributed by atoms with Crippen LogP contribution in [0.15, 0.2) is 0 Å². The van der Waals surface area contributed by atoms with Gasteiger partial charge in [0, 0.05) is 13.3 Å². The number of aliphatic carboxylic acids is 1. The standard InChI is InChI=1S/C12H21N3O5/c1-6(2)10(14-7(3)16)12(20)15-8(11(13)19)4-5-9(17)18/h6,8,10H,4-5H2,1-3H3,(H2,13,19)(H,14,16)(H,15,20)(H,17,18)/t8?,10-/m0/s1. The molecule has 0 radical (unpaired) electrons. The first-order valence-corrected chi connectivity index (χ1v) is 6.23. The van der Waals surface area contributed by atoms with Gasteiger partial charge in [-0.3, -0.25) is 19.2 Å². The summed E-state index contributed by atoms with van der Waals surface area (Å²) in [6.07, 6.45) is -0.387. The lowest BCUT2D eigenvalue weighted by Crippen LogP contribution is -2.54. The highest BCUT2D eigenvalue weighted by Gasteiger charge is 2.27. The van der Waals surface area contributed by atoms with Crippen LogP contribution >= 0.6 is 0 Å². The predicted octanol–water partition coefficient (Wildman–Crippen LogP) is -1.02. The third-order valence-corrected chi connectivity index (χ3v) is 2.61. The van der Waals surface area contributed by atoms with Gasteiger partial charge in [-0.25, -0.2) is 0 Å². The van der Waals surface area contributed by atoms with E-state index in [2.05, 4.69) is 10.6 Å². The van der Waals surface area contributed by atoms with Crippen molar-refractivity contribution in [3.63, 3.8) is 0 Å². The summed E-state index contributed by atoms with van der Waals surface area (Å²) >= 11 is 0. The van der Waals surface area contributed by atoms with Crippen molar-refractivity contribution in [3.05, 3.63) is 0 Å². The van der Waals surface area contributed by atoms with Gasteiger partial charge in [-0.15, -0.1) is 0 Å². The molecule has 0 aromatic carbocycles. The summed E-state index contributed by atoms with van der Waals surface area (Å²) in [5.41, 5.74) is 5.11. The van der Waals surface area contributed by atoms with Crippen molar-refractivity contribution in [2.24, 2.45) is 11.7 Å². The first kappa shape index (κ1) is 17.9. The molecule has 1 unspecified atom stereocenters. The van der Waals surface area contributed by atoms with E-state index in [0.29, 0.717) is 0 Å². The number of rotatable bonds is 8. The predicted molar refractivity (Wildman–Crippen MR) is 70.4 cm³/mol. The largest absolute Gasteiger partial charge is 0.481 e. The highest BCUT2D eigenvalue weighted by molar-refractivity contribution is 5.91. The van der Waals surface area contributed by atoms with Crippen molar-refractivity contribution in [1.29, 1.82) is 0 Å². The maximum absolute atomic E-state index is 12.0. The second kappa shape index (κ2) is 8.13. The number of carbonyl (C=O) groups excluding carboxylic acids is 3. The number of nitrogens with two attached hydrogens (primary N) is 1. The Balaban J connectivity index is 4.74. The van der Waals surface area contributed by atoms with Gasteiger partial charge >= 0.3 is 5.97 Å². The summed E-state index contributed by atoms with van der Waals surface area (Å²) in [4.78, 5) is 44.7. The van der Waals surface area contributed by atoms with Gasteiger partial charge in [-0.05, 0) is 12.3 Å². The second-order valence-electron chi connectivity index (χ2n) is 4.82. The molecular formula is C12H21N3O5. The maximum Gasteiger partial charge on any atom is 0.303 e. The van der Waals surface area contributed by atoms with Crippen molar-refractivity contribution < 1.29 is 24.3 Å². The van der Waals surface area contributed by atoms with Gasteiger partial charge in [0.05, 0.1) is 0 Å². The molecule has 3 amide bonds. The lowest BCUT2D eigenvalue weighted by atomic mass is 10.0. The Bertz CT molecular complexity index is 395. The summed E-state index contributed by atoms with van der Waals surface area (Å²) in [7, 11) is 0. The van der Waals surface area contributed by atoms with E-state index in [1.54, 1.807) is 13.8 Å². The number of carboxylic acids is 1. The topological polar surface area (TPSA) is 139 Å². The van der Waals surface area contributed by atoms with Crippen LogP contribution in [0.1, 0.15) is 33.6 Å². The quantitative estimate of drug-likeness (QED) is 0.452. The van der Waals surface area contributed by atoms with E-state index in [9.17, 15) is 19.2 Å². The van der Waals surface area contributed by atoms with E-state index >= 15 is 0 Å². The number of hydrogen-bond donors (Lipinski definition) is 4. The Labute approximate surface area is 117 Å². The number of hydrogen-bond acceptors (Lipinski definition) is 4. The van der Waals surface area contributed by atoms with E-state index < -0.39 is 29.9 Å². The molecule has 0 saturated carbocycles. The van der Waals surface area contributed by atoms with Crippen molar-refractivity contribution in [1.82, 2.24) is 10.6 Å². The zero-order chi connectivity index (χ0) is 15.9. The summed E-state index contributed by atoms with van der Waals surface area (Å²) in [5.74, 6) is -3.03. The molecule has 5 N–H and O–H groups in total. The van der Waals surface area contributed by atoms with Gasteiger partial charge in [0.15, 0.2) is 0 Å². The minimum atomic E-state index is -1.09. The fourth-order valence-electron chi connectivity index (χ4n) is 1.57. The van der Waals surface area contributed by atoms with Crippen molar-refractivity contribution in [3.8, 4) is 0 Å². The van der Waals surface area contributed by atoms with Gasteiger partial charge in [0.1, 0.15) is 12.1 Å². The van der Waals surface area contributed by atoms with Crippen LogP contribution in [0.3, 0.4) is 0 Å². The van der Waals surface area contributed by atoms with Crippen LogP contribution in [0.25, 0.3) is 0 Å². The molecule has 0 aliphatic heterocycles. The molecule has 0 aliphatic carbocycles. The first-order valence-electron chi connectivity index (χ1n) is 6.23. The van der Waals surface area contributed by atoms with E-state index in [0.717, 1.165) is 0 Å². The molecular weight excluding hydrogens is 266 g/mol. The Morgan fingerprint density at radius 1 is 1.15 bits per heavy atom. The third kappa shape index (κ3) is 6.72. The molecule has 0 rings (SSSR count). The molecule has 0 fully saturated rings. The van der Waals surface area contributed by atoms with Gasteiger partial charge < -0.3 is 21.5 Å². The molecule has 0 heterocycles. The monoisotopic (exact) mass is 287 g/mol. The Morgan fingerprint density at radius 3 is 2.05 bits per heavy atom. The number of amides is 3. The Hall–Kier alpha value is -2.12.